The molecule has 2 N–H and O–H groups in total. The summed E-state index contributed by atoms with van der Waals surface area (Å²) in [5.41, 5.74) is 6.05. The van der Waals surface area contributed by atoms with Crippen LogP contribution in [0.1, 0.15) is 68.6 Å². The largest absolute Gasteiger partial charge is 0.508 e. The minimum absolute atomic E-state index is 0.301. The van der Waals surface area contributed by atoms with Crippen molar-refractivity contribution < 1.29 is 10.2 Å². The molecular formula is C24H28O2. The summed E-state index contributed by atoms with van der Waals surface area (Å²) in [6.07, 6.45) is 9.82. The summed E-state index contributed by atoms with van der Waals surface area (Å²) in [5, 5.41) is 19.7. The third-order valence-electron chi connectivity index (χ3n) is 5.31. The topological polar surface area (TPSA) is 40.5 Å². The van der Waals surface area contributed by atoms with E-state index in [1.54, 1.807) is 12.1 Å². The van der Waals surface area contributed by atoms with Gasteiger partial charge in [-0.2, -0.15) is 0 Å². The zero-order valence-electron chi connectivity index (χ0n) is 15.7. The first-order valence-electron chi connectivity index (χ1n) is 9.61. The van der Waals surface area contributed by atoms with Crippen molar-refractivity contribution in [2.75, 3.05) is 0 Å². The highest BCUT2D eigenvalue weighted by atomic mass is 16.3. The van der Waals surface area contributed by atoms with Crippen LogP contribution in [0.3, 0.4) is 0 Å². The maximum atomic E-state index is 10.3. The van der Waals surface area contributed by atoms with Gasteiger partial charge in [-0.05, 0) is 77.3 Å². The predicted octanol–water partition coefficient (Wildman–Crippen LogP) is 6.65. The van der Waals surface area contributed by atoms with Crippen LogP contribution in [-0.4, -0.2) is 10.2 Å². The van der Waals surface area contributed by atoms with Crippen LogP contribution in [-0.2, 0) is 0 Å². The maximum Gasteiger partial charge on any atom is 0.119 e. The van der Waals surface area contributed by atoms with Crippen LogP contribution >= 0.6 is 0 Å². The van der Waals surface area contributed by atoms with Gasteiger partial charge in [0.2, 0.25) is 0 Å². The van der Waals surface area contributed by atoms with Gasteiger partial charge in [-0.3, -0.25) is 0 Å². The minimum atomic E-state index is 0.301. The van der Waals surface area contributed by atoms with Gasteiger partial charge in [-0.25, -0.2) is 0 Å². The zero-order chi connectivity index (χ0) is 18.5. The Morgan fingerprint density at radius 2 is 1.50 bits per heavy atom. The van der Waals surface area contributed by atoms with Crippen molar-refractivity contribution in [1.29, 1.82) is 0 Å². The van der Waals surface area contributed by atoms with E-state index in [2.05, 4.69) is 32.1 Å². The molecule has 3 rings (SSSR count). The summed E-state index contributed by atoms with van der Waals surface area (Å²) in [6, 6.07) is 13.4. The van der Waals surface area contributed by atoms with Crippen LogP contribution in [0.2, 0.25) is 0 Å². The van der Waals surface area contributed by atoms with Gasteiger partial charge in [0, 0.05) is 0 Å². The van der Waals surface area contributed by atoms with Crippen molar-refractivity contribution in [3.8, 4) is 11.5 Å². The Hall–Kier alpha value is -2.48. The molecule has 0 fully saturated rings. The highest BCUT2D eigenvalue weighted by Crippen LogP contribution is 2.36. The van der Waals surface area contributed by atoms with Crippen molar-refractivity contribution in [2.24, 2.45) is 0 Å². The lowest BCUT2D eigenvalue weighted by atomic mass is 9.87. The van der Waals surface area contributed by atoms with E-state index in [4.69, 9.17) is 0 Å². The van der Waals surface area contributed by atoms with Gasteiger partial charge in [0.15, 0.2) is 0 Å². The van der Waals surface area contributed by atoms with Crippen LogP contribution in [0.5, 0.6) is 11.5 Å². The van der Waals surface area contributed by atoms with E-state index in [0.29, 0.717) is 17.4 Å². The van der Waals surface area contributed by atoms with Gasteiger partial charge >= 0.3 is 0 Å². The Labute approximate surface area is 156 Å². The Balaban J connectivity index is 1.82. The summed E-state index contributed by atoms with van der Waals surface area (Å²) >= 11 is 0. The molecule has 2 heteroatoms. The Morgan fingerprint density at radius 1 is 0.885 bits per heavy atom. The first-order valence-corrected chi connectivity index (χ1v) is 9.61. The molecule has 0 spiro atoms. The number of benzene rings is 2. The number of phenols is 2. The van der Waals surface area contributed by atoms with E-state index in [1.807, 2.05) is 24.3 Å². The van der Waals surface area contributed by atoms with Crippen molar-refractivity contribution in [3.05, 3.63) is 71.3 Å². The van der Waals surface area contributed by atoms with Crippen LogP contribution in [0, 0.1) is 0 Å². The van der Waals surface area contributed by atoms with Crippen LogP contribution < -0.4 is 0 Å². The summed E-state index contributed by atoms with van der Waals surface area (Å²) < 4.78 is 0. The molecule has 1 unspecified atom stereocenters. The van der Waals surface area contributed by atoms with Gasteiger partial charge in [0.1, 0.15) is 11.5 Å². The molecule has 2 aromatic carbocycles. The van der Waals surface area contributed by atoms with Crippen LogP contribution in [0.25, 0.3) is 11.1 Å². The lowest BCUT2D eigenvalue weighted by molar-refractivity contribution is 0.459. The van der Waals surface area contributed by atoms with Crippen LogP contribution in [0.4, 0.5) is 0 Å². The molecule has 1 aliphatic carbocycles. The SMILES string of the molecule is CCCCC(C)c1cc(C2=CC=C(c3ccc(O)cc3)CC2)ccc1O. The number of allylic oxidation sites excluding steroid dienone is 4. The van der Waals surface area contributed by atoms with E-state index in [1.165, 1.54) is 29.6 Å². The first kappa shape index (κ1) is 18.3. The van der Waals surface area contributed by atoms with Crippen molar-refractivity contribution in [3.63, 3.8) is 0 Å². The molecule has 2 aromatic rings. The number of hydrogen-bond acceptors (Lipinski definition) is 2. The van der Waals surface area contributed by atoms with E-state index < -0.39 is 0 Å². The Kier molecular flexibility index (Phi) is 5.82. The molecule has 1 aliphatic rings. The number of phenolic OH excluding ortho intramolecular Hbond substituents is 2. The smallest absolute Gasteiger partial charge is 0.119 e. The van der Waals surface area contributed by atoms with Gasteiger partial charge in [0.05, 0.1) is 0 Å². The van der Waals surface area contributed by atoms with Gasteiger partial charge in [-0.1, -0.05) is 57.0 Å². The van der Waals surface area contributed by atoms with Gasteiger partial charge in [-0.15, -0.1) is 0 Å². The molecule has 0 amide bonds. The zero-order valence-corrected chi connectivity index (χ0v) is 15.7. The molecule has 0 bridgehead atoms. The third kappa shape index (κ3) is 4.19. The molecule has 2 nitrogen and oxygen atoms in total. The second kappa shape index (κ2) is 8.27. The van der Waals surface area contributed by atoms with E-state index in [9.17, 15) is 10.2 Å². The van der Waals surface area contributed by atoms with Crippen molar-refractivity contribution in [2.45, 2.75) is 51.9 Å². The van der Waals surface area contributed by atoms with Crippen LogP contribution in [0.15, 0.2) is 54.6 Å². The molecule has 0 aliphatic heterocycles. The molecule has 0 aromatic heterocycles. The van der Waals surface area contributed by atoms with E-state index in [-0.39, 0.29) is 0 Å². The second-order valence-corrected chi connectivity index (χ2v) is 7.25. The fourth-order valence-corrected chi connectivity index (χ4v) is 3.61. The van der Waals surface area contributed by atoms with E-state index >= 15 is 0 Å². The molecule has 136 valence electrons. The number of aromatic hydroxyl groups is 2. The van der Waals surface area contributed by atoms with Crippen molar-refractivity contribution in [1.82, 2.24) is 0 Å². The summed E-state index contributed by atoms with van der Waals surface area (Å²) in [6.45, 7) is 4.40. The molecule has 0 radical (unpaired) electrons. The Bertz CT molecular complexity index is 813. The Morgan fingerprint density at radius 3 is 2.12 bits per heavy atom. The molecule has 0 heterocycles. The van der Waals surface area contributed by atoms with E-state index in [0.717, 1.165) is 30.4 Å². The summed E-state index contributed by atoms with van der Waals surface area (Å²) in [4.78, 5) is 0. The molecule has 0 saturated heterocycles. The maximum absolute atomic E-state index is 10.3. The minimum Gasteiger partial charge on any atom is -0.508 e. The lowest BCUT2D eigenvalue weighted by Gasteiger charge is -2.18. The fraction of sp³-hybridized carbons (Fsp3) is 0.333. The molecule has 0 saturated carbocycles. The predicted molar refractivity (Wildman–Crippen MR) is 109 cm³/mol. The third-order valence-corrected chi connectivity index (χ3v) is 5.31. The lowest BCUT2D eigenvalue weighted by Crippen LogP contribution is -1.98. The van der Waals surface area contributed by atoms with Crippen molar-refractivity contribution >= 4 is 11.1 Å². The first-order chi connectivity index (χ1) is 12.6. The standard InChI is InChI=1S/C24H28O2/c1-3-4-5-17(2)23-16-21(12-15-24(23)26)20-8-6-18(7-9-20)19-10-13-22(25)14-11-19/h6,8,10-17,25-26H,3-5,7,9H2,1-2H3. The highest BCUT2D eigenvalue weighted by Gasteiger charge is 2.14. The number of hydrogen-bond donors (Lipinski definition) is 2. The number of rotatable bonds is 6. The van der Waals surface area contributed by atoms with Gasteiger partial charge < -0.3 is 10.2 Å². The van der Waals surface area contributed by atoms with Gasteiger partial charge in [0.25, 0.3) is 0 Å². The fourth-order valence-electron chi connectivity index (χ4n) is 3.61. The average molecular weight is 348 g/mol. The molecular weight excluding hydrogens is 320 g/mol. The quantitative estimate of drug-likeness (QED) is 0.613. The summed E-state index contributed by atoms with van der Waals surface area (Å²) in [5.74, 6) is 1.09. The highest BCUT2D eigenvalue weighted by molar-refractivity contribution is 5.78. The number of unbranched alkanes of at least 4 members (excludes halogenated alkanes) is 1. The molecule has 26 heavy (non-hydrogen) atoms. The second-order valence-electron chi connectivity index (χ2n) is 7.25. The molecule has 1 atom stereocenters. The monoisotopic (exact) mass is 348 g/mol. The normalized spacial score (nSPS) is 15.3. The average Bonchev–Trinajstić information content (AvgIpc) is 2.67. The summed E-state index contributed by atoms with van der Waals surface area (Å²) in [7, 11) is 0.